The van der Waals surface area contributed by atoms with Crippen molar-refractivity contribution in [2.45, 2.75) is 61.3 Å². The fourth-order valence-corrected chi connectivity index (χ4v) is 3.58. The van der Waals surface area contributed by atoms with E-state index in [1.165, 1.54) is 24.3 Å². The SMILES string of the molecule is O=C(O)c1ccc(N[C@@H]2O[C@@H](CO)[C@@H](O[C@H]3O[C@@H](CO)[C@@H](O)[C@@H](O)[C@H]3O)[C@@H](O)[C@@H]2O)cc1. The second kappa shape index (κ2) is 10.4. The first-order chi connectivity index (χ1) is 15.2. The zero-order valence-electron chi connectivity index (χ0n) is 16.7. The normalized spacial score (nSPS) is 40.1. The first-order valence-corrected chi connectivity index (χ1v) is 9.86. The minimum absolute atomic E-state index is 0.0434. The van der Waals surface area contributed by atoms with Crippen molar-refractivity contribution in [2.24, 2.45) is 0 Å². The van der Waals surface area contributed by atoms with Crippen molar-refractivity contribution in [1.82, 2.24) is 0 Å². The molecule has 2 aliphatic heterocycles. The van der Waals surface area contributed by atoms with Crippen LogP contribution in [0, 0.1) is 0 Å². The topological polar surface area (TPSA) is 219 Å². The highest BCUT2D eigenvalue weighted by Gasteiger charge is 2.50. The summed E-state index contributed by atoms with van der Waals surface area (Å²) in [7, 11) is 0. The molecular formula is C19H27NO12. The Morgan fingerprint density at radius 2 is 1.47 bits per heavy atom. The molecule has 2 fully saturated rings. The molecule has 2 saturated heterocycles. The van der Waals surface area contributed by atoms with Crippen LogP contribution in [-0.2, 0) is 14.2 Å². The van der Waals surface area contributed by atoms with Gasteiger partial charge in [-0.25, -0.2) is 4.79 Å². The summed E-state index contributed by atoms with van der Waals surface area (Å²) in [5, 5.41) is 81.6. The Bertz CT molecular complexity index is 759. The number of benzene rings is 1. The molecule has 1 aromatic rings. The first-order valence-electron chi connectivity index (χ1n) is 9.86. The summed E-state index contributed by atoms with van der Waals surface area (Å²) in [5.41, 5.74) is 0.415. The lowest BCUT2D eigenvalue weighted by atomic mass is 9.96. The van der Waals surface area contributed by atoms with Crippen LogP contribution >= 0.6 is 0 Å². The molecule has 0 spiro atoms. The van der Waals surface area contributed by atoms with Crippen molar-refractivity contribution in [2.75, 3.05) is 18.5 Å². The van der Waals surface area contributed by atoms with E-state index >= 15 is 0 Å². The van der Waals surface area contributed by atoms with Crippen LogP contribution in [0.25, 0.3) is 0 Å². The number of aromatic carboxylic acids is 1. The van der Waals surface area contributed by atoms with E-state index < -0.39 is 80.5 Å². The molecule has 13 heteroatoms. The Kier molecular flexibility index (Phi) is 8.00. The van der Waals surface area contributed by atoms with E-state index in [1.807, 2.05) is 0 Å². The number of hydrogen-bond acceptors (Lipinski definition) is 12. The van der Waals surface area contributed by atoms with Gasteiger partial charge in [-0.15, -0.1) is 0 Å². The third-order valence-electron chi connectivity index (χ3n) is 5.44. The average Bonchev–Trinajstić information content (AvgIpc) is 2.79. The molecule has 0 bridgehead atoms. The van der Waals surface area contributed by atoms with Crippen molar-refractivity contribution in [3.63, 3.8) is 0 Å². The molecule has 10 atom stereocenters. The molecule has 9 N–H and O–H groups in total. The maximum atomic E-state index is 10.9. The number of hydrogen-bond donors (Lipinski definition) is 9. The molecule has 13 nitrogen and oxygen atoms in total. The Labute approximate surface area is 182 Å². The van der Waals surface area contributed by atoms with E-state index in [0.29, 0.717) is 5.69 Å². The Morgan fingerprint density at radius 1 is 0.844 bits per heavy atom. The van der Waals surface area contributed by atoms with Gasteiger partial charge in [0, 0.05) is 5.69 Å². The van der Waals surface area contributed by atoms with Crippen LogP contribution in [0.2, 0.25) is 0 Å². The van der Waals surface area contributed by atoms with E-state index in [9.17, 15) is 40.5 Å². The number of nitrogens with one attached hydrogen (secondary N) is 1. The molecule has 32 heavy (non-hydrogen) atoms. The molecule has 0 radical (unpaired) electrons. The molecule has 0 unspecified atom stereocenters. The molecular weight excluding hydrogens is 434 g/mol. The Morgan fingerprint density at radius 3 is 2.03 bits per heavy atom. The maximum Gasteiger partial charge on any atom is 0.335 e. The van der Waals surface area contributed by atoms with Gasteiger partial charge in [0.15, 0.2) is 12.5 Å². The van der Waals surface area contributed by atoms with Crippen molar-refractivity contribution in [1.29, 1.82) is 0 Å². The highest BCUT2D eigenvalue weighted by Crippen LogP contribution is 2.29. The maximum absolute atomic E-state index is 10.9. The van der Waals surface area contributed by atoms with E-state index in [0.717, 1.165) is 0 Å². The fourth-order valence-electron chi connectivity index (χ4n) is 3.58. The fraction of sp³-hybridized carbons (Fsp3) is 0.632. The van der Waals surface area contributed by atoms with Crippen molar-refractivity contribution < 1.29 is 59.9 Å². The number of carboxylic acids is 1. The van der Waals surface area contributed by atoms with Crippen molar-refractivity contribution in [3.8, 4) is 0 Å². The zero-order chi connectivity index (χ0) is 23.6. The highest BCUT2D eigenvalue weighted by atomic mass is 16.7. The third-order valence-corrected chi connectivity index (χ3v) is 5.44. The number of ether oxygens (including phenoxy) is 3. The second-order valence-corrected chi connectivity index (χ2v) is 7.58. The summed E-state index contributed by atoms with van der Waals surface area (Å²) in [6, 6.07) is 5.50. The molecule has 0 aliphatic carbocycles. The van der Waals surface area contributed by atoms with Gasteiger partial charge < -0.3 is 60.4 Å². The van der Waals surface area contributed by atoms with Gasteiger partial charge in [0.05, 0.1) is 18.8 Å². The molecule has 1 aromatic carbocycles. The number of aliphatic hydroxyl groups excluding tert-OH is 7. The summed E-state index contributed by atoms with van der Waals surface area (Å²) in [6.07, 6.45) is -15.0. The molecule has 2 aliphatic rings. The van der Waals surface area contributed by atoms with Gasteiger partial charge in [-0.05, 0) is 24.3 Å². The molecule has 0 saturated carbocycles. The van der Waals surface area contributed by atoms with E-state index in [1.54, 1.807) is 0 Å². The Balaban J connectivity index is 1.70. The summed E-state index contributed by atoms with van der Waals surface area (Å²) < 4.78 is 16.3. The van der Waals surface area contributed by atoms with E-state index in [4.69, 9.17) is 19.3 Å². The van der Waals surface area contributed by atoms with E-state index in [-0.39, 0.29) is 5.56 Å². The molecule has 2 heterocycles. The predicted octanol–water partition coefficient (Wildman–Crippen LogP) is -3.58. The van der Waals surface area contributed by atoms with Crippen LogP contribution < -0.4 is 5.32 Å². The van der Waals surface area contributed by atoms with Gasteiger partial charge in [0.25, 0.3) is 0 Å². The monoisotopic (exact) mass is 461 g/mol. The minimum atomic E-state index is -1.75. The van der Waals surface area contributed by atoms with E-state index in [2.05, 4.69) is 5.32 Å². The quantitative estimate of drug-likeness (QED) is 0.192. The van der Waals surface area contributed by atoms with Gasteiger partial charge in [0.2, 0.25) is 0 Å². The lowest BCUT2D eigenvalue weighted by Gasteiger charge is -2.46. The van der Waals surface area contributed by atoms with Crippen molar-refractivity contribution >= 4 is 11.7 Å². The van der Waals surface area contributed by atoms with Gasteiger partial charge in [-0.1, -0.05) is 0 Å². The second-order valence-electron chi connectivity index (χ2n) is 7.58. The third kappa shape index (κ3) is 5.02. The van der Waals surface area contributed by atoms with Crippen molar-refractivity contribution in [3.05, 3.63) is 29.8 Å². The van der Waals surface area contributed by atoms with Crippen LogP contribution in [0.5, 0.6) is 0 Å². The number of aliphatic hydroxyl groups is 7. The van der Waals surface area contributed by atoms with Gasteiger partial charge >= 0.3 is 5.97 Å². The average molecular weight is 461 g/mol. The van der Waals surface area contributed by atoms with Crippen LogP contribution in [0.1, 0.15) is 10.4 Å². The largest absolute Gasteiger partial charge is 0.478 e. The smallest absolute Gasteiger partial charge is 0.335 e. The Hall–Kier alpha value is -1.91. The lowest BCUT2D eigenvalue weighted by molar-refractivity contribution is -0.340. The van der Waals surface area contributed by atoms with Gasteiger partial charge in [-0.3, -0.25) is 0 Å². The molecule has 180 valence electrons. The van der Waals surface area contributed by atoms with Crippen LogP contribution in [-0.4, -0.2) is 121 Å². The van der Waals surface area contributed by atoms with Crippen LogP contribution in [0.15, 0.2) is 24.3 Å². The predicted molar refractivity (Wildman–Crippen MR) is 103 cm³/mol. The number of anilines is 1. The molecule has 0 aromatic heterocycles. The first kappa shape index (κ1) is 24.7. The molecule has 3 rings (SSSR count). The van der Waals surface area contributed by atoms with Crippen LogP contribution in [0.3, 0.4) is 0 Å². The summed E-state index contributed by atoms with van der Waals surface area (Å²) in [6.45, 7) is -1.35. The van der Waals surface area contributed by atoms with Gasteiger partial charge in [-0.2, -0.15) is 0 Å². The summed E-state index contributed by atoms with van der Waals surface area (Å²) in [4.78, 5) is 10.9. The number of carboxylic acid groups (broad SMARTS) is 1. The number of rotatable bonds is 7. The zero-order valence-corrected chi connectivity index (χ0v) is 16.7. The minimum Gasteiger partial charge on any atom is -0.478 e. The summed E-state index contributed by atoms with van der Waals surface area (Å²) in [5.74, 6) is -1.12. The van der Waals surface area contributed by atoms with Crippen LogP contribution in [0.4, 0.5) is 5.69 Å². The number of carbonyl (C=O) groups is 1. The van der Waals surface area contributed by atoms with Gasteiger partial charge in [0.1, 0.15) is 48.8 Å². The molecule has 0 amide bonds. The highest BCUT2D eigenvalue weighted by molar-refractivity contribution is 5.88. The summed E-state index contributed by atoms with van der Waals surface area (Å²) >= 11 is 0. The standard InChI is InChI=1S/C19H27NO12/c21-5-9-11(23)12(24)15(27)19(31-9)32-16-10(6-22)30-17(14(26)13(16)25)20-8-3-1-7(2-4-8)18(28)29/h1-4,9-17,19-27H,5-6H2,(H,28,29)/t9-,10-,11+,12+,13-,14-,15+,16+,17+,19+/m0/s1. The lowest BCUT2D eigenvalue weighted by Crippen LogP contribution is -2.65.